The van der Waals surface area contributed by atoms with Gasteiger partial charge in [-0.05, 0) is 45.6 Å². The predicted octanol–water partition coefficient (Wildman–Crippen LogP) is 2.29. The minimum atomic E-state index is -0.817. The summed E-state index contributed by atoms with van der Waals surface area (Å²) in [4.78, 5) is 0. The van der Waals surface area contributed by atoms with Crippen molar-refractivity contribution in [2.75, 3.05) is 13.2 Å². The molecule has 0 radical (unpaired) electrons. The van der Waals surface area contributed by atoms with Crippen molar-refractivity contribution < 1.29 is 19.2 Å². The molecule has 0 atom stereocenters. The van der Waals surface area contributed by atoms with Gasteiger partial charge in [0.2, 0.25) is 0 Å². The van der Waals surface area contributed by atoms with E-state index in [0.717, 1.165) is 16.6 Å². The molecule has 126 valence electrons. The van der Waals surface area contributed by atoms with Crippen molar-refractivity contribution in [3.63, 3.8) is 0 Å². The van der Waals surface area contributed by atoms with Gasteiger partial charge in [-0.25, -0.2) is 0 Å². The van der Waals surface area contributed by atoms with E-state index in [2.05, 4.69) is 39.8 Å². The number of ether oxygens (including phenoxy) is 1. The minimum absolute atomic E-state index is 0.364. The van der Waals surface area contributed by atoms with Crippen LogP contribution in [0.2, 0.25) is 0 Å². The molecule has 2 saturated heterocycles. The highest BCUT2D eigenvalue weighted by Crippen LogP contribution is 2.37. The van der Waals surface area contributed by atoms with Gasteiger partial charge in [0.05, 0.1) is 16.8 Å². The lowest BCUT2D eigenvalue weighted by atomic mass is 9.75. The van der Waals surface area contributed by atoms with E-state index in [1.165, 1.54) is 0 Å². The molecule has 5 heteroatoms. The summed E-state index contributed by atoms with van der Waals surface area (Å²) >= 11 is 0. The molecule has 1 aromatic rings. The quantitative estimate of drug-likeness (QED) is 0.850. The second kappa shape index (κ2) is 5.59. The molecule has 0 bridgehead atoms. The molecule has 0 spiro atoms. The van der Waals surface area contributed by atoms with E-state index < -0.39 is 12.7 Å². The summed E-state index contributed by atoms with van der Waals surface area (Å²) in [7, 11) is -0.401. The maximum absolute atomic E-state index is 11.0. The molecule has 1 aromatic carbocycles. The van der Waals surface area contributed by atoms with Gasteiger partial charge in [-0.1, -0.05) is 23.8 Å². The zero-order valence-corrected chi connectivity index (χ0v) is 14.8. The zero-order chi connectivity index (χ0) is 16.9. The first-order valence-corrected chi connectivity index (χ1v) is 8.41. The maximum atomic E-state index is 11.0. The molecule has 2 fully saturated rings. The Kier molecular flexibility index (Phi) is 4.12. The molecule has 0 amide bonds. The van der Waals surface area contributed by atoms with Crippen LogP contribution < -0.4 is 5.46 Å². The topological polar surface area (TPSA) is 47.9 Å². The Bertz CT molecular complexity index is 575. The molecular formula is C18H27BO4. The number of aliphatic hydroxyl groups is 1. The third kappa shape index (κ3) is 3.08. The van der Waals surface area contributed by atoms with Gasteiger partial charge in [0.25, 0.3) is 0 Å². The molecule has 2 aliphatic rings. The first-order valence-electron chi connectivity index (χ1n) is 8.41. The van der Waals surface area contributed by atoms with Gasteiger partial charge >= 0.3 is 7.12 Å². The van der Waals surface area contributed by atoms with Crippen molar-refractivity contribution in [3.05, 3.63) is 29.3 Å². The first kappa shape index (κ1) is 17.0. The van der Waals surface area contributed by atoms with Crippen LogP contribution in [-0.2, 0) is 19.6 Å². The second-order valence-corrected chi connectivity index (χ2v) is 7.86. The minimum Gasteiger partial charge on any atom is -0.399 e. The van der Waals surface area contributed by atoms with Crippen LogP contribution in [0.15, 0.2) is 18.2 Å². The fourth-order valence-electron chi connectivity index (χ4n) is 3.19. The SMILES string of the molecule is Cc1cc(B2OC(C)(C)C(C)(C)O2)cc(C2(O)CCOCC2)c1. The monoisotopic (exact) mass is 318 g/mol. The largest absolute Gasteiger partial charge is 0.494 e. The van der Waals surface area contributed by atoms with E-state index in [-0.39, 0.29) is 11.2 Å². The Morgan fingerprint density at radius 3 is 2.09 bits per heavy atom. The van der Waals surface area contributed by atoms with Crippen LogP contribution in [0, 0.1) is 6.92 Å². The lowest BCUT2D eigenvalue weighted by Crippen LogP contribution is -2.41. The molecule has 0 aliphatic carbocycles. The van der Waals surface area contributed by atoms with Crippen LogP contribution in [-0.4, -0.2) is 36.6 Å². The molecule has 3 rings (SSSR count). The maximum Gasteiger partial charge on any atom is 0.494 e. The lowest BCUT2D eigenvalue weighted by molar-refractivity contribution is -0.0679. The van der Waals surface area contributed by atoms with Crippen LogP contribution in [0.5, 0.6) is 0 Å². The van der Waals surface area contributed by atoms with Gasteiger partial charge in [-0.3, -0.25) is 0 Å². The molecule has 0 unspecified atom stereocenters. The number of hydrogen-bond donors (Lipinski definition) is 1. The molecule has 0 saturated carbocycles. The van der Waals surface area contributed by atoms with E-state index in [9.17, 15) is 5.11 Å². The van der Waals surface area contributed by atoms with Gasteiger partial charge in [0, 0.05) is 26.1 Å². The predicted molar refractivity (Wildman–Crippen MR) is 90.8 cm³/mol. The van der Waals surface area contributed by atoms with Gasteiger partial charge < -0.3 is 19.2 Å². The average molecular weight is 318 g/mol. The van der Waals surface area contributed by atoms with Gasteiger partial charge in [0.15, 0.2) is 0 Å². The number of benzene rings is 1. The molecule has 2 heterocycles. The van der Waals surface area contributed by atoms with Crippen molar-refractivity contribution in [1.29, 1.82) is 0 Å². The third-order valence-electron chi connectivity index (χ3n) is 5.48. The molecule has 23 heavy (non-hydrogen) atoms. The summed E-state index contributed by atoms with van der Waals surface area (Å²) in [6.07, 6.45) is 1.25. The summed E-state index contributed by atoms with van der Waals surface area (Å²) in [5, 5.41) is 11.0. The summed E-state index contributed by atoms with van der Waals surface area (Å²) in [6, 6.07) is 6.16. The lowest BCUT2D eigenvalue weighted by Gasteiger charge is -2.33. The smallest absolute Gasteiger partial charge is 0.399 e. The molecule has 1 N–H and O–H groups in total. The fraction of sp³-hybridized carbons (Fsp3) is 0.667. The van der Waals surface area contributed by atoms with Crippen LogP contribution in [0.3, 0.4) is 0 Å². The molecule has 0 aromatic heterocycles. The summed E-state index contributed by atoms with van der Waals surface area (Å²) in [6.45, 7) is 11.4. The van der Waals surface area contributed by atoms with Crippen molar-refractivity contribution >= 4 is 12.6 Å². The van der Waals surface area contributed by atoms with E-state index >= 15 is 0 Å². The molecule has 2 aliphatic heterocycles. The summed E-state index contributed by atoms with van der Waals surface area (Å²) in [5.41, 5.74) is 1.47. The standard InChI is InChI=1S/C18H27BO4/c1-13-10-14(18(20)6-8-21-9-7-18)12-15(11-13)19-22-16(2,3)17(4,5)23-19/h10-12,20H,6-9H2,1-5H3. The molecule has 4 nitrogen and oxygen atoms in total. The first-order chi connectivity index (χ1) is 10.6. The van der Waals surface area contributed by atoms with E-state index in [0.29, 0.717) is 26.1 Å². The van der Waals surface area contributed by atoms with Crippen LogP contribution >= 0.6 is 0 Å². The number of rotatable bonds is 2. The Hall–Kier alpha value is -0.875. The van der Waals surface area contributed by atoms with Crippen LogP contribution in [0.25, 0.3) is 0 Å². The highest BCUT2D eigenvalue weighted by molar-refractivity contribution is 6.62. The summed E-state index contributed by atoms with van der Waals surface area (Å²) in [5.74, 6) is 0. The number of aryl methyl sites for hydroxylation is 1. The van der Waals surface area contributed by atoms with Gasteiger partial charge in [-0.15, -0.1) is 0 Å². The van der Waals surface area contributed by atoms with Gasteiger partial charge in [-0.2, -0.15) is 0 Å². The normalized spacial score (nSPS) is 25.6. The Balaban J connectivity index is 1.93. The highest BCUT2D eigenvalue weighted by atomic mass is 16.7. The van der Waals surface area contributed by atoms with Crippen molar-refractivity contribution in [2.24, 2.45) is 0 Å². The van der Waals surface area contributed by atoms with Crippen molar-refractivity contribution in [1.82, 2.24) is 0 Å². The Morgan fingerprint density at radius 2 is 1.52 bits per heavy atom. The van der Waals surface area contributed by atoms with Crippen LogP contribution in [0.4, 0.5) is 0 Å². The Labute approximate surface area is 139 Å². The third-order valence-corrected chi connectivity index (χ3v) is 5.48. The second-order valence-electron chi connectivity index (χ2n) is 7.86. The van der Waals surface area contributed by atoms with E-state index in [1.54, 1.807) is 0 Å². The average Bonchev–Trinajstić information content (AvgIpc) is 2.68. The zero-order valence-electron chi connectivity index (χ0n) is 14.8. The van der Waals surface area contributed by atoms with Crippen molar-refractivity contribution in [2.45, 2.75) is 64.3 Å². The fourth-order valence-corrected chi connectivity index (χ4v) is 3.19. The van der Waals surface area contributed by atoms with E-state index in [4.69, 9.17) is 14.0 Å². The van der Waals surface area contributed by atoms with E-state index in [1.807, 2.05) is 13.0 Å². The highest BCUT2D eigenvalue weighted by Gasteiger charge is 2.52. The molecular weight excluding hydrogens is 291 g/mol. The Morgan fingerprint density at radius 1 is 0.957 bits per heavy atom. The van der Waals surface area contributed by atoms with Gasteiger partial charge in [0.1, 0.15) is 0 Å². The summed E-state index contributed by atoms with van der Waals surface area (Å²) < 4.78 is 17.7. The van der Waals surface area contributed by atoms with Crippen LogP contribution in [0.1, 0.15) is 51.7 Å². The number of hydrogen-bond acceptors (Lipinski definition) is 4. The van der Waals surface area contributed by atoms with Crippen molar-refractivity contribution in [3.8, 4) is 0 Å².